The molecule has 0 bridgehead atoms. The van der Waals surface area contributed by atoms with E-state index in [0.717, 1.165) is 24.9 Å². The lowest BCUT2D eigenvalue weighted by Gasteiger charge is -2.25. The highest BCUT2D eigenvalue weighted by molar-refractivity contribution is 7.89. The first-order chi connectivity index (χ1) is 9.76. The average molecular weight is 331 g/mol. The van der Waals surface area contributed by atoms with E-state index in [-0.39, 0.29) is 4.90 Å². The van der Waals surface area contributed by atoms with Crippen molar-refractivity contribution in [3.05, 3.63) is 28.8 Å². The van der Waals surface area contributed by atoms with Crippen molar-refractivity contribution in [3.63, 3.8) is 0 Å². The van der Waals surface area contributed by atoms with Gasteiger partial charge in [-0.3, -0.25) is 0 Å². The van der Waals surface area contributed by atoms with E-state index < -0.39 is 15.6 Å². The normalized spacial score (nSPS) is 16.2. The molecule has 0 amide bonds. The van der Waals surface area contributed by atoms with E-state index >= 15 is 0 Å². The summed E-state index contributed by atoms with van der Waals surface area (Å²) in [6.07, 6.45) is 2.16. The number of hydrogen-bond acceptors (Lipinski definition) is 3. The summed E-state index contributed by atoms with van der Waals surface area (Å²) >= 11 is 6.19. The molecule has 0 saturated heterocycles. The van der Waals surface area contributed by atoms with E-state index in [1.807, 2.05) is 20.8 Å². The van der Waals surface area contributed by atoms with Crippen molar-refractivity contribution in [1.29, 1.82) is 0 Å². The highest BCUT2D eigenvalue weighted by Gasteiger charge is 2.40. The number of halogens is 1. The molecule has 1 aliphatic rings. The first-order valence-electron chi connectivity index (χ1n) is 7.29. The zero-order chi connectivity index (χ0) is 15.7. The second kappa shape index (κ2) is 6.24. The molecule has 1 aromatic carbocycles. The zero-order valence-corrected chi connectivity index (χ0v) is 14.3. The van der Waals surface area contributed by atoms with Crippen LogP contribution < -0.4 is 10.0 Å². The van der Waals surface area contributed by atoms with Crippen molar-refractivity contribution in [1.82, 2.24) is 10.0 Å². The molecular formula is C15H23ClN2O2S. The zero-order valence-electron chi connectivity index (χ0n) is 12.7. The van der Waals surface area contributed by atoms with E-state index in [1.54, 1.807) is 12.1 Å². The maximum absolute atomic E-state index is 12.5. The number of sulfonamides is 1. The van der Waals surface area contributed by atoms with Crippen LogP contribution in [-0.4, -0.2) is 20.5 Å². The summed E-state index contributed by atoms with van der Waals surface area (Å²) in [5.41, 5.74) is 0.493. The van der Waals surface area contributed by atoms with E-state index in [1.165, 1.54) is 6.07 Å². The maximum atomic E-state index is 12.5. The van der Waals surface area contributed by atoms with Gasteiger partial charge in [-0.2, -0.15) is 0 Å². The Balaban J connectivity index is 2.18. The summed E-state index contributed by atoms with van der Waals surface area (Å²) in [6.45, 7) is 7.35. The Hall–Kier alpha value is -0.620. The predicted molar refractivity (Wildman–Crippen MR) is 86.0 cm³/mol. The van der Waals surface area contributed by atoms with E-state index in [9.17, 15) is 8.42 Å². The van der Waals surface area contributed by atoms with Crippen LogP contribution in [0.3, 0.4) is 0 Å². The Bertz CT molecular complexity index is 610. The van der Waals surface area contributed by atoms with Crippen molar-refractivity contribution in [2.45, 2.75) is 50.6 Å². The molecule has 118 valence electrons. The molecule has 1 saturated carbocycles. The molecule has 1 fully saturated rings. The van der Waals surface area contributed by atoms with Gasteiger partial charge >= 0.3 is 0 Å². The van der Waals surface area contributed by atoms with Crippen LogP contribution in [0.15, 0.2) is 23.1 Å². The summed E-state index contributed by atoms with van der Waals surface area (Å²) in [6, 6.07) is 4.91. The molecule has 2 N–H and O–H groups in total. The quantitative estimate of drug-likeness (QED) is 0.808. The van der Waals surface area contributed by atoms with Gasteiger partial charge < -0.3 is 5.32 Å². The summed E-state index contributed by atoms with van der Waals surface area (Å²) in [5, 5.41) is 3.65. The fourth-order valence-electron chi connectivity index (χ4n) is 2.39. The standard InChI is InChI=1S/C15H23ClN2O2S/c1-4-17-10-11-5-8-13(9-14(11)16)21(19,20)18-15(2,3)12-6-7-12/h5,8-9,12,17-18H,4,6-7,10H2,1-3H3. The number of benzene rings is 1. The van der Waals surface area contributed by atoms with Crippen LogP contribution in [0.4, 0.5) is 0 Å². The fourth-order valence-corrected chi connectivity index (χ4v) is 4.20. The van der Waals surface area contributed by atoms with Gasteiger partial charge in [0.15, 0.2) is 0 Å². The molecule has 0 heterocycles. The van der Waals surface area contributed by atoms with E-state index in [0.29, 0.717) is 17.5 Å². The van der Waals surface area contributed by atoms with Gasteiger partial charge in [0.25, 0.3) is 0 Å². The third-order valence-corrected chi connectivity index (χ3v) is 5.92. The Morgan fingerprint density at radius 2 is 2.00 bits per heavy atom. The van der Waals surface area contributed by atoms with Gasteiger partial charge in [0.2, 0.25) is 10.0 Å². The summed E-state index contributed by atoms with van der Waals surface area (Å²) < 4.78 is 27.7. The maximum Gasteiger partial charge on any atom is 0.241 e. The molecule has 1 aromatic rings. The van der Waals surface area contributed by atoms with Crippen LogP contribution >= 0.6 is 11.6 Å². The van der Waals surface area contributed by atoms with Crippen LogP contribution in [0.1, 0.15) is 39.2 Å². The molecule has 0 radical (unpaired) electrons. The van der Waals surface area contributed by atoms with E-state index in [2.05, 4.69) is 10.0 Å². The predicted octanol–water partition coefficient (Wildman–Crippen LogP) is 2.92. The van der Waals surface area contributed by atoms with Gasteiger partial charge in [-0.1, -0.05) is 24.6 Å². The average Bonchev–Trinajstić information content (AvgIpc) is 3.20. The molecule has 21 heavy (non-hydrogen) atoms. The lowest BCUT2D eigenvalue weighted by molar-refractivity contribution is 0.400. The molecule has 0 aliphatic heterocycles. The van der Waals surface area contributed by atoms with Crippen LogP contribution in [0.2, 0.25) is 5.02 Å². The Labute approximate surface area is 132 Å². The van der Waals surface area contributed by atoms with Crippen LogP contribution in [0, 0.1) is 5.92 Å². The van der Waals surface area contributed by atoms with E-state index in [4.69, 9.17) is 11.6 Å². The van der Waals surface area contributed by atoms with Crippen molar-refractivity contribution in [3.8, 4) is 0 Å². The van der Waals surface area contributed by atoms with Gasteiger partial charge in [-0.15, -0.1) is 0 Å². The minimum absolute atomic E-state index is 0.224. The van der Waals surface area contributed by atoms with Gasteiger partial charge in [0, 0.05) is 17.1 Å². The fraction of sp³-hybridized carbons (Fsp3) is 0.600. The van der Waals surface area contributed by atoms with Crippen molar-refractivity contribution in [2.75, 3.05) is 6.54 Å². The third-order valence-electron chi connectivity index (χ3n) is 3.90. The molecule has 1 aliphatic carbocycles. The second-order valence-electron chi connectivity index (χ2n) is 6.14. The number of hydrogen-bond donors (Lipinski definition) is 2. The number of nitrogens with one attached hydrogen (secondary N) is 2. The molecule has 6 heteroatoms. The van der Waals surface area contributed by atoms with Gasteiger partial charge in [-0.25, -0.2) is 13.1 Å². The molecule has 0 spiro atoms. The van der Waals surface area contributed by atoms with Crippen molar-refractivity contribution in [2.24, 2.45) is 5.92 Å². The summed E-state index contributed by atoms with van der Waals surface area (Å²) in [4.78, 5) is 0.224. The van der Waals surface area contributed by atoms with Crippen molar-refractivity contribution < 1.29 is 8.42 Å². The lowest BCUT2D eigenvalue weighted by Crippen LogP contribution is -2.45. The summed E-state index contributed by atoms with van der Waals surface area (Å²) in [5.74, 6) is 0.427. The monoisotopic (exact) mass is 330 g/mol. The first-order valence-corrected chi connectivity index (χ1v) is 9.15. The first kappa shape index (κ1) is 16.7. The summed E-state index contributed by atoms with van der Waals surface area (Å²) in [7, 11) is -3.54. The minimum Gasteiger partial charge on any atom is -0.313 e. The topological polar surface area (TPSA) is 58.2 Å². The van der Waals surface area contributed by atoms with Gasteiger partial charge in [-0.05, 0) is 56.8 Å². The number of rotatable bonds is 7. The van der Waals surface area contributed by atoms with Gasteiger partial charge in [0.1, 0.15) is 0 Å². The molecule has 0 atom stereocenters. The molecule has 2 rings (SSSR count). The van der Waals surface area contributed by atoms with Crippen molar-refractivity contribution >= 4 is 21.6 Å². The lowest BCUT2D eigenvalue weighted by atomic mass is 10.0. The molecule has 0 aromatic heterocycles. The highest BCUT2D eigenvalue weighted by Crippen LogP contribution is 2.40. The van der Waals surface area contributed by atoms with Gasteiger partial charge in [0.05, 0.1) is 4.90 Å². The largest absolute Gasteiger partial charge is 0.313 e. The van der Waals surface area contributed by atoms with Crippen LogP contribution in [0.25, 0.3) is 0 Å². The molecule has 4 nitrogen and oxygen atoms in total. The minimum atomic E-state index is -3.54. The third kappa shape index (κ3) is 4.19. The Morgan fingerprint density at radius 3 is 2.52 bits per heavy atom. The SMILES string of the molecule is CCNCc1ccc(S(=O)(=O)NC(C)(C)C2CC2)cc1Cl. The van der Waals surface area contributed by atoms with Crippen LogP contribution in [0.5, 0.6) is 0 Å². The second-order valence-corrected chi connectivity index (χ2v) is 8.22. The Kier molecular flexibility index (Phi) is 4.98. The molecule has 0 unspecified atom stereocenters. The Morgan fingerprint density at radius 1 is 1.33 bits per heavy atom. The smallest absolute Gasteiger partial charge is 0.241 e. The molecular weight excluding hydrogens is 308 g/mol. The highest BCUT2D eigenvalue weighted by atomic mass is 35.5. The van der Waals surface area contributed by atoms with Crippen LogP contribution in [-0.2, 0) is 16.6 Å².